The van der Waals surface area contributed by atoms with Crippen molar-refractivity contribution >= 4 is 34.2 Å². The molecule has 1 aromatic heterocycles. The summed E-state index contributed by atoms with van der Waals surface area (Å²) in [4.78, 5) is 18.4. The lowest BCUT2D eigenvalue weighted by atomic mass is 10.2. The molecule has 0 aliphatic heterocycles. The monoisotopic (exact) mass is 339 g/mol. The van der Waals surface area contributed by atoms with Crippen LogP contribution in [-0.4, -0.2) is 22.1 Å². The number of anilines is 1. The third-order valence-electron chi connectivity index (χ3n) is 3.13. The molecule has 23 heavy (non-hydrogen) atoms. The van der Waals surface area contributed by atoms with Gasteiger partial charge in [0.15, 0.2) is 0 Å². The van der Waals surface area contributed by atoms with Crippen molar-refractivity contribution in [3.05, 3.63) is 47.5 Å². The zero-order valence-corrected chi connectivity index (χ0v) is 12.2. The van der Waals surface area contributed by atoms with Gasteiger partial charge in [-0.25, -0.2) is 4.98 Å². The van der Waals surface area contributed by atoms with Crippen molar-refractivity contribution in [1.82, 2.24) is 9.97 Å². The molecule has 1 amide bonds. The summed E-state index contributed by atoms with van der Waals surface area (Å²) in [6, 6.07) is 11.3. The van der Waals surface area contributed by atoms with Crippen LogP contribution in [0.15, 0.2) is 42.5 Å². The summed E-state index contributed by atoms with van der Waals surface area (Å²) in [6.45, 7) is 0. The van der Waals surface area contributed by atoms with Crippen LogP contribution in [0.4, 0.5) is 18.9 Å². The number of halogens is 4. The van der Waals surface area contributed by atoms with E-state index >= 15 is 0 Å². The maximum absolute atomic E-state index is 12.3. The Bertz CT molecular complexity index is 856. The largest absolute Gasteiger partial charge is 0.471 e. The highest BCUT2D eigenvalue weighted by molar-refractivity contribution is 6.33. The number of carbonyl (C=O) groups is 1. The fourth-order valence-corrected chi connectivity index (χ4v) is 2.27. The van der Waals surface area contributed by atoms with Gasteiger partial charge in [0, 0.05) is 11.3 Å². The Balaban J connectivity index is 1.99. The summed E-state index contributed by atoms with van der Waals surface area (Å²) in [5.41, 5.74) is 1.83. The fraction of sp³-hybridized carbons (Fsp3) is 0.0667. The molecular formula is C15H9ClF3N3O. The van der Waals surface area contributed by atoms with Gasteiger partial charge in [-0.3, -0.25) is 4.79 Å². The minimum absolute atomic E-state index is 0.0211. The van der Waals surface area contributed by atoms with Crippen LogP contribution in [0.3, 0.4) is 0 Å². The van der Waals surface area contributed by atoms with Gasteiger partial charge in [0.25, 0.3) is 0 Å². The van der Waals surface area contributed by atoms with E-state index in [0.717, 1.165) is 5.52 Å². The Labute approximate surface area is 133 Å². The zero-order valence-electron chi connectivity index (χ0n) is 11.4. The SMILES string of the molecule is O=C(Nc1ccc(Cl)c(-c2nc3ccccc3[nH]2)c1)C(F)(F)F. The topological polar surface area (TPSA) is 57.8 Å². The van der Waals surface area contributed by atoms with Crippen LogP contribution in [0.25, 0.3) is 22.4 Å². The number of H-pyrrole nitrogens is 1. The number of alkyl halides is 3. The normalized spacial score (nSPS) is 11.7. The number of nitrogens with one attached hydrogen (secondary N) is 2. The fourth-order valence-electron chi connectivity index (χ4n) is 2.07. The smallest absolute Gasteiger partial charge is 0.338 e. The van der Waals surface area contributed by atoms with Crippen molar-refractivity contribution in [2.75, 3.05) is 5.32 Å². The van der Waals surface area contributed by atoms with E-state index in [-0.39, 0.29) is 5.69 Å². The highest BCUT2D eigenvalue weighted by Crippen LogP contribution is 2.30. The van der Waals surface area contributed by atoms with E-state index in [1.54, 1.807) is 11.4 Å². The number of hydrogen-bond donors (Lipinski definition) is 2. The molecule has 0 bridgehead atoms. The first kappa shape index (κ1) is 15.4. The molecule has 0 radical (unpaired) electrons. The highest BCUT2D eigenvalue weighted by Gasteiger charge is 2.38. The number of nitrogens with zero attached hydrogens (tertiary/aromatic N) is 1. The summed E-state index contributed by atoms with van der Waals surface area (Å²) >= 11 is 6.09. The second-order valence-electron chi connectivity index (χ2n) is 4.75. The van der Waals surface area contributed by atoms with Crippen LogP contribution in [0.5, 0.6) is 0 Å². The molecule has 0 aliphatic carbocycles. The quantitative estimate of drug-likeness (QED) is 0.727. The van der Waals surface area contributed by atoms with Gasteiger partial charge in [0.2, 0.25) is 0 Å². The molecule has 2 N–H and O–H groups in total. The second-order valence-corrected chi connectivity index (χ2v) is 5.16. The maximum atomic E-state index is 12.3. The predicted molar refractivity (Wildman–Crippen MR) is 81.2 cm³/mol. The average molecular weight is 340 g/mol. The molecule has 0 fully saturated rings. The molecule has 0 spiro atoms. The Hall–Kier alpha value is -2.54. The third-order valence-corrected chi connectivity index (χ3v) is 3.46. The molecule has 0 atom stereocenters. The van der Waals surface area contributed by atoms with Crippen LogP contribution >= 0.6 is 11.6 Å². The van der Waals surface area contributed by atoms with Gasteiger partial charge >= 0.3 is 12.1 Å². The second kappa shape index (κ2) is 5.58. The van der Waals surface area contributed by atoms with Gasteiger partial charge in [-0.2, -0.15) is 13.2 Å². The first-order valence-electron chi connectivity index (χ1n) is 6.47. The minimum Gasteiger partial charge on any atom is -0.338 e. The van der Waals surface area contributed by atoms with Gasteiger partial charge < -0.3 is 10.3 Å². The molecule has 3 aromatic rings. The molecule has 3 rings (SSSR count). The number of amides is 1. The molecule has 0 saturated carbocycles. The lowest BCUT2D eigenvalue weighted by molar-refractivity contribution is -0.167. The molecule has 118 valence electrons. The third kappa shape index (κ3) is 3.14. The van der Waals surface area contributed by atoms with Crippen LogP contribution in [0.1, 0.15) is 0 Å². The molecular weight excluding hydrogens is 331 g/mol. The summed E-state index contributed by atoms with van der Waals surface area (Å²) < 4.78 is 37.0. The van der Waals surface area contributed by atoms with Crippen LogP contribution in [0, 0.1) is 0 Å². The molecule has 0 unspecified atom stereocenters. The Morgan fingerprint density at radius 2 is 1.91 bits per heavy atom. The van der Waals surface area contributed by atoms with Gasteiger partial charge in [-0.15, -0.1) is 0 Å². The Morgan fingerprint density at radius 1 is 1.17 bits per heavy atom. The number of aromatic nitrogens is 2. The summed E-state index contributed by atoms with van der Waals surface area (Å²) in [5.74, 6) is -1.64. The molecule has 0 saturated heterocycles. The number of hydrogen-bond acceptors (Lipinski definition) is 2. The van der Waals surface area contributed by atoms with Gasteiger partial charge in [0.1, 0.15) is 5.82 Å². The molecule has 2 aromatic carbocycles. The first-order valence-corrected chi connectivity index (χ1v) is 6.85. The van der Waals surface area contributed by atoms with E-state index in [4.69, 9.17) is 11.6 Å². The highest BCUT2D eigenvalue weighted by atomic mass is 35.5. The van der Waals surface area contributed by atoms with Gasteiger partial charge in [0.05, 0.1) is 16.1 Å². The van der Waals surface area contributed by atoms with Crippen LogP contribution < -0.4 is 5.32 Å². The molecule has 1 heterocycles. The number of imidazole rings is 1. The Kier molecular flexibility index (Phi) is 3.73. The Morgan fingerprint density at radius 3 is 2.61 bits per heavy atom. The zero-order chi connectivity index (χ0) is 16.6. The predicted octanol–water partition coefficient (Wildman–Crippen LogP) is 4.38. The number of benzene rings is 2. The number of fused-ring (bicyclic) bond motifs is 1. The number of para-hydroxylation sites is 2. The van der Waals surface area contributed by atoms with Gasteiger partial charge in [-0.1, -0.05) is 23.7 Å². The summed E-state index contributed by atoms with van der Waals surface area (Å²) in [5, 5.41) is 2.09. The summed E-state index contributed by atoms with van der Waals surface area (Å²) in [7, 11) is 0. The van der Waals surface area contributed by atoms with Crippen molar-refractivity contribution in [2.24, 2.45) is 0 Å². The lowest BCUT2D eigenvalue weighted by Crippen LogP contribution is -2.29. The lowest BCUT2D eigenvalue weighted by Gasteiger charge is -2.09. The standard InChI is InChI=1S/C15H9ClF3N3O/c16-10-6-5-8(20-14(23)15(17,18)19)7-9(10)13-21-11-3-1-2-4-12(11)22-13/h1-7H,(H,20,23)(H,21,22). The number of carbonyl (C=O) groups excluding carboxylic acids is 1. The van der Waals surface area contributed by atoms with E-state index in [9.17, 15) is 18.0 Å². The van der Waals surface area contributed by atoms with Crippen LogP contribution in [0.2, 0.25) is 5.02 Å². The maximum Gasteiger partial charge on any atom is 0.471 e. The van der Waals surface area contributed by atoms with E-state index in [2.05, 4.69) is 9.97 Å². The van der Waals surface area contributed by atoms with E-state index in [1.807, 2.05) is 18.2 Å². The van der Waals surface area contributed by atoms with Crippen molar-refractivity contribution in [2.45, 2.75) is 6.18 Å². The van der Waals surface area contributed by atoms with Crippen molar-refractivity contribution in [3.63, 3.8) is 0 Å². The van der Waals surface area contributed by atoms with Crippen molar-refractivity contribution < 1.29 is 18.0 Å². The van der Waals surface area contributed by atoms with Crippen molar-refractivity contribution in [1.29, 1.82) is 0 Å². The summed E-state index contributed by atoms with van der Waals surface area (Å²) in [6.07, 6.45) is -4.96. The molecule has 8 heteroatoms. The molecule has 0 aliphatic rings. The molecule has 4 nitrogen and oxygen atoms in total. The van der Waals surface area contributed by atoms with Crippen LogP contribution in [-0.2, 0) is 4.79 Å². The van der Waals surface area contributed by atoms with Gasteiger partial charge in [-0.05, 0) is 30.3 Å². The number of aromatic amines is 1. The number of rotatable bonds is 2. The van der Waals surface area contributed by atoms with E-state index < -0.39 is 12.1 Å². The van der Waals surface area contributed by atoms with Crippen molar-refractivity contribution in [3.8, 4) is 11.4 Å². The van der Waals surface area contributed by atoms with E-state index in [1.165, 1.54) is 18.2 Å². The minimum atomic E-state index is -4.96. The van der Waals surface area contributed by atoms with E-state index in [0.29, 0.717) is 21.9 Å². The first-order chi connectivity index (χ1) is 10.8. The average Bonchev–Trinajstić information content (AvgIpc) is 2.91.